The van der Waals surface area contributed by atoms with Gasteiger partial charge in [0.05, 0.1) is 10.6 Å². The number of benzene rings is 2. The van der Waals surface area contributed by atoms with E-state index in [-0.39, 0.29) is 11.5 Å². The fourth-order valence-electron chi connectivity index (χ4n) is 1.52. The molecular weight excluding hydrogens is 310 g/mol. The van der Waals surface area contributed by atoms with E-state index < -0.39 is 0 Å². The quantitative estimate of drug-likeness (QED) is 0.560. The van der Waals surface area contributed by atoms with E-state index in [1.807, 2.05) is 18.2 Å². The van der Waals surface area contributed by atoms with Crippen LogP contribution in [0.3, 0.4) is 0 Å². The van der Waals surface area contributed by atoms with Crippen LogP contribution in [-0.4, -0.2) is 15.2 Å². The number of hydrogen-bond acceptors (Lipinski definition) is 7. The minimum Gasteiger partial charge on any atom is -0.508 e. The molecule has 0 saturated heterocycles. The Hall–Kier alpha value is -3.61. The molecule has 0 radical (unpaired) electrons. The van der Waals surface area contributed by atoms with Crippen molar-refractivity contribution in [1.29, 1.82) is 0 Å². The van der Waals surface area contributed by atoms with Crippen molar-refractivity contribution in [2.45, 2.75) is 0 Å². The van der Waals surface area contributed by atoms with Crippen LogP contribution in [0.5, 0.6) is 23.0 Å². The molecule has 2 N–H and O–H groups in total. The van der Waals surface area contributed by atoms with E-state index in [0.29, 0.717) is 11.5 Å². The fraction of sp³-hybridized carbons (Fsp3) is 0. The monoisotopic (exact) mass is 325 g/mol. The standard InChI is InChI=1S/C12H10N2O4.C5H5N/c15-9-3-1-5-11(7-9)17-13-14-18-12-6-2-4-10(16)8-12;1-2-4-6-5-3-1/h1-8,15-16H;1-5H. The molecule has 0 aliphatic heterocycles. The van der Waals surface area contributed by atoms with Crippen LogP contribution in [0.4, 0.5) is 0 Å². The third kappa shape index (κ3) is 6.44. The van der Waals surface area contributed by atoms with Crippen molar-refractivity contribution < 1.29 is 19.9 Å². The Morgan fingerprint density at radius 1 is 0.667 bits per heavy atom. The van der Waals surface area contributed by atoms with Crippen molar-refractivity contribution in [1.82, 2.24) is 4.98 Å². The van der Waals surface area contributed by atoms with Crippen molar-refractivity contribution in [3.8, 4) is 23.0 Å². The lowest BCUT2D eigenvalue weighted by Crippen LogP contribution is -1.85. The second-order valence-corrected chi connectivity index (χ2v) is 4.37. The highest BCUT2D eigenvalue weighted by atomic mass is 16.7. The van der Waals surface area contributed by atoms with E-state index in [1.165, 1.54) is 24.3 Å². The predicted molar refractivity (Wildman–Crippen MR) is 86.6 cm³/mol. The molecule has 24 heavy (non-hydrogen) atoms. The Balaban J connectivity index is 0.000000292. The van der Waals surface area contributed by atoms with Gasteiger partial charge in [-0.3, -0.25) is 4.98 Å². The van der Waals surface area contributed by atoms with Gasteiger partial charge in [-0.2, -0.15) is 0 Å². The molecule has 0 amide bonds. The summed E-state index contributed by atoms with van der Waals surface area (Å²) in [4.78, 5) is 13.5. The maximum atomic E-state index is 9.17. The first kappa shape index (κ1) is 16.8. The van der Waals surface area contributed by atoms with Crippen molar-refractivity contribution in [3.05, 3.63) is 79.1 Å². The van der Waals surface area contributed by atoms with Gasteiger partial charge in [0.2, 0.25) is 0 Å². The first-order valence-corrected chi connectivity index (χ1v) is 6.91. The summed E-state index contributed by atoms with van der Waals surface area (Å²) in [6, 6.07) is 17.9. The third-order valence-corrected chi connectivity index (χ3v) is 2.53. The minimum atomic E-state index is 0.0663. The highest BCUT2D eigenvalue weighted by molar-refractivity contribution is 5.32. The van der Waals surface area contributed by atoms with E-state index >= 15 is 0 Å². The Kier molecular flexibility index (Phi) is 6.57. The molecule has 1 aromatic heterocycles. The minimum absolute atomic E-state index is 0.0663. The van der Waals surface area contributed by atoms with Gasteiger partial charge in [-0.1, -0.05) is 18.2 Å². The normalized spacial score (nSPS) is 9.83. The summed E-state index contributed by atoms with van der Waals surface area (Å²) >= 11 is 0. The molecule has 0 spiro atoms. The van der Waals surface area contributed by atoms with Gasteiger partial charge in [0.15, 0.2) is 11.5 Å². The van der Waals surface area contributed by atoms with Gasteiger partial charge in [0.25, 0.3) is 0 Å². The van der Waals surface area contributed by atoms with Crippen LogP contribution < -0.4 is 9.68 Å². The van der Waals surface area contributed by atoms with Crippen molar-refractivity contribution in [3.63, 3.8) is 0 Å². The average molecular weight is 325 g/mol. The maximum Gasteiger partial charge on any atom is 0.163 e. The summed E-state index contributed by atoms with van der Waals surface area (Å²) in [5.74, 6) is 0.796. The summed E-state index contributed by atoms with van der Waals surface area (Å²) in [7, 11) is 0. The van der Waals surface area contributed by atoms with Gasteiger partial charge in [0, 0.05) is 24.5 Å². The summed E-state index contributed by atoms with van der Waals surface area (Å²) in [5, 5.41) is 25.0. The van der Waals surface area contributed by atoms with E-state index in [0.717, 1.165) is 0 Å². The first-order valence-electron chi connectivity index (χ1n) is 6.91. The summed E-state index contributed by atoms with van der Waals surface area (Å²) < 4.78 is 0. The summed E-state index contributed by atoms with van der Waals surface area (Å²) in [6.07, 6.45) is 3.50. The number of phenols is 2. The molecule has 0 bridgehead atoms. The lowest BCUT2D eigenvalue weighted by molar-refractivity contribution is 0.207. The van der Waals surface area contributed by atoms with Crippen molar-refractivity contribution >= 4 is 0 Å². The molecule has 3 rings (SSSR count). The number of nitrogens with zero attached hydrogens (tertiary/aromatic N) is 3. The lowest BCUT2D eigenvalue weighted by atomic mass is 10.3. The van der Waals surface area contributed by atoms with Gasteiger partial charge in [-0.15, -0.1) is 0 Å². The number of aromatic hydroxyl groups is 2. The highest BCUT2D eigenvalue weighted by Gasteiger charge is 1.95. The average Bonchev–Trinajstić information content (AvgIpc) is 2.61. The lowest BCUT2D eigenvalue weighted by Gasteiger charge is -1.98. The SMILES string of the molecule is Oc1cccc(ON=NOc2cccc(O)c2)c1.c1ccncc1. The number of aromatic nitrogens is 1. The largest absolute Gasteiger partial charge is 0.508 e. The van der Waals surface area contributed by atoms with Gasteiger partial charge >= 0.3 is 0 Å². The van der Waals surface area contributed by atoms with Gasteiger partial charge in [0.1, 0.15) is 11.5 Å². The fourth-order valence-corrected chi connectivity index (χ4v) is 1.52. The molecular formula is C17H15N3O4. The molecule has 0 atom stereocenters. The maximum absolute atomic E-state index is 9.17. The molecule has 0 aliphatic rings. The third-order valence-electron chi connectivity index (χ3n) is 2.53. The molecule has 7 heteroatoms. The highest BCUT2D eigenvalue weighted by Crippen LogP contribution is 2.19. The van der Waals surface area contributed by atoms with Gasteiger partial charge in [-0.25, -0.2) is 0 Å². The summed E-state index contributed by atoms with van der Waals surface area (Å²) in [6.45, 7) is 0. The van der Waals surface area contributed by atoms with Gasteiger partial charge < -0.3 is 19.9 Å². The number of rotatable bonds is 4. The van der Waals surface area contributed by atoms with Gasteiger partial charge in [-0.05, 0) is 36.4 Å². The number of hydrogen-bond donors (Lipinski definition) is 2. The van der Waals surface area contributed by atoms with E-state index in [2.05, 4.69) is 15.5 Å². The Morgan fingerprint density at radius 3 is 1.50 bits per heavy atom. The van der Waals surface area contributed by atoms with Crippen molar-refractivity contribution in [2.75, 3.05) is 0 Å². The first-order chi connectivity index (χ1) is 11.7. The Morgan fingerprint density at radius 2 is 1.17 bits per heavy atom. The van der Waals surface area contributed by atoms with Crippen LogP contribution in [0.1, 0.15) is 0 Å². The second-order valence-electron chi connectivity index (χ2n) is 4.37. The zero-order chi connectivity index (χ0) is 17.0. The smallest absolute Gasteiger partial charge is 0.163 e. The van der Waals surface area contributed by atoms with Crippen LogP contribution in [0.25, 0.3) is 0 Å². The molecule has 0 saturated carbocycles. The molecule has 0 unspecified atom stereocenters. The van der Waals surface area contributed by atoms with Crippen LogP contribution in [0, 0.1) is 0 Å². The Labute approximate surface area is 138 Å². The zero-order valence-electron chi connectivity index (χ0n) is 12.6. The van der Waals surface area contributed by atoms with Crippen LogP contribution in [0.2, 0.25) is 0 Å². The molecule has 1 heterocycles. The zero-order valence-corrected chi connectivity index (χ0v) is 12.6. The molecule has 0 aliphatic carbocycles. The van der Waals surface area contributed by atoms with E-state index in [1.54, 1.807) is 36.7 Å². The molecule has 3 aromatic rings. The predicted octanol–water partition coefficient (Wildman–Crippen LogP) is 3.92. The number of phenolic OH excluding ortho intramolecular Hbond substituents is 2. The molecule has 7 nitrogen and oxygen atoms in total. The Bertz CT molecular complexity index is 690. The van der Waals surface area contributed by atoms with Crippen LogP contribution in [-0.2, 0) is 0 Å². The summed E-state index contributed by atoms with van der Waals surface area (Å²) in [5.41, 5.74) is 0. The molecule has 122 valence electrons. The molecule has 2 aromatic carbocycles. The number of pyridine rings is 1. The molecule has 0 fully saturated rings. The van der Waals surface area contributed by atoms with E-state index in [4.69, 9.17) is 19.9 Å². The second kappa shape index (κ2) is 9.42. The van der Waals surface area contributed by atoms with Crippen molar-refractivity contribution in [2.24, 2.45) is 10.6 Å². The van der Waals surface area contributed by atoms with Crippen LogP contribution >= 0.6 is 0 Å². The van der Waals surface area contributed by atoms with Crippen LogP contribution in [0.15, 0.2) is 89.7 Å². The topological polar surface area (TPSA) is 96.5 Å². The van der Waals surface area contributed by atoms with E-state index in [9.17, 15) is 0 Å².